The van der Waals surface area contributed by atoms with Gasteiger partial charge in [-0.25, -0.2) is 0 Å². The first-order valence-corrected chi connectivity index (χ1v) is 8.01. The summed E-state index contributed by atoms with van der Waals surface area (Å²) in [5.74, 6) is -0.145. The molecule has 24 heavy (non-hydrogen) atoms. The Morgan fingerprint density at radius 3 is 1.75 bits per heavy atom. The number of benzene rings is 3. The summed E-state index contributed by atoms with van der Waals surface area (Å²) in [5.41, 5.74) is 3.61. The van der Waals surface area contributed by atoms with Crippen molar-refractivity contribution in [1.82, 2.24) is 0 Å². The molecule has 0 unspecified atom stereocenters. The second-order valence-corrected chi connectivity index (χ2v) is 5.83. The lowest BCUT2D eigenvalue weighted by atomic mass is 9.83. The summed E-state index contributed by atoms with van der Waals surface area (Å²) < 4.78 is 0. The monoisotopic (exact) mass is 315 g/mol. The zero-order valence-electron chi connectivity index (χ0n) is 13.1. The van der Waals surface area contributed by atoms with Crippen LogP contribution in [0.25, 0.3) is 0 Å². The molecule has 118 valence electrons. The molecular weight excluding hydrogens is 298 g/mol. The Bertz CT molecular complexity index is 845. The van der Waals surface area contributed by atoms with Gasteiger partial charge in [0.2, 0.25) is 0 Å². The maximum atomic E-state index is 12.6. The highest BCUT2D eigenvalue weighted by Gasteiger charge is 2.42. The second-order valence-electron chi connectivity index (χ2n) is 5.83. The van der Waals surface area contributed by atoms with Gasteiger partial charge in [-0.2, -0.15) is 0 Å². The molecule has 0 bridgehead atoms. The standard InChI is InChI=1S/C21H17NO2/c23-22-20(17-12-6-2-7-13-17)19(16-10-4-1-5-11-16)21(24-22)18-14-8-3-9-15-18/h1-15,19,21H/t19-,21+/m0/s1. The van der Waals surface area contributed by atoms with Crippen molar-refractivity contribution in [2.24, 2.45) is 0 Å². The lowest BCUT2D eigenvalue weighted by Gasteiger charge is -2.20. The summed E-state index contributed by atoms with van der Waals surface area (Å²) in [6, 6.07) is 29.7. The molecule has 0 aromatic heterocycles. The van der Waals surface area contributed by atoms with Crippen molar-refractivity contribution >= 4 is 5.71 Å². The normalized spacial score (nSPS) is 20.0. The van der Waals surface area contributed by atoms with Gasteiger partial charge in [0, 0.05) is 10.5 Å². The van der Waals surface area contributed by atoms with Gasteiger partial charge < -0.3 is 4.84 Å². The fourth-order valence-electron chi connectivity index (χ4n) is 3.26. The average molecular weight is 315 g/mol. The van der Waals surface area contributed by atoms with Gasteiger partial charge in [-0.15, -0.1) is 0 Å². The minimum Gasteiger partial charge on any atom is -0.394 e. The van der Waals surface area contributed by atoms with Gasteiger partial charge in [-0.1, -0.05) is 78.9 Å². The van der Waals surface area contributed by atoms with E-state index in [1.807, 2.05) is 91.0 Å². The highest BCUT2D eigenvalue weighted by Crippen LogP contribution is 2.41. The van der Waals surface area contributed by atoms with Gasteiger partial charge in [0.05, 0.1) is 5.92 Å². The van der Waals surface area contributed by atoms with Crippen LogP contribution in [0.15, 0.2) is 91.0 Å². The Balaban J connectivity index is 1.85. The molecule has 4 rings (SSSR count). The van der Waals surface area contributed by atoms with Crippen LogP contribution in [0.4, 0.5) is 0 Å². The Kier molecular flexibility index (Phi) is 3.75. The predicted molar refractivity (Wildman–Crippen MR) is 93.6 cm³/mol. The Morgan fingerprint density at radius 2 is 1.17 bits per heavy atom. The third-order valence-electron chi connectivity index (χ3n) is 4.36. The molecule has 2 atom stereocenters. The van der Waals surface area contributed by atoms with Gasteiger partial charge >= 0.3 is 0 Å². The summed E-state index contributed by atoms with van der Waals surface area (Å²) >= 11 is 0. The van der Waals surface area contributed by atoms with Crippen LogP contribution < -0.4 is 0 Å². The van der Waals surface area contributed by atoms with Crippen molar-refractivity contribution in [2.75, 3.05) is 0 Å². The molecule has 0 spiro atoms. The SMILES string of the molecule is [O-][N+]1=C(c2ccccc2)[C@H](c2ccccc2)[C@@H](c2ccccc2)O1. The van der Waals surface area contributed by atoms with Crippen molar-refractivity contribution < 1.29 is 9.74 Å². The van der Waals surface area contributed by atoms with E-state index in [0.717, 1.165) is 16.7 Å². The third-order valence-corrected chi connectivity index (χ3v) is 4.36. The van der Waals surface area contributed by atoms with Gasteiger partial charge in [0.1, 0.15) is 6.10 Å². The molecule has 0 amide bonds. The van der Waals surface area contributed by atoms with Crippen LogP contribution in [0, 0.1) is 5.21 Å². The van der Waals surface area contributed by atoms with E-state index in [4.69, 9.17) is 4.84 Å². The molecule has 3 aromatic carbocycles. The van der Waals surface area contributed by atoms with Crippen LogP contribution in [0.2, 0.25) is 0 Å². The van der Waals surface area contributed by atoms with Gasteiger partial charge in [-0.05, 0) is 23.3 Å². The lowest BCUT2D eigenvalue weighted by molar-refractivity contribution is -0.742. The molecule has 0 fully saturated rings. The van der Waals surface area contributed by atoms with Crippen LogP contribution >= 0.6 is 0 Å². The summed E-state index contributed by atoms with van der Waals surface area (Å²) in [6.07, 6.45) is -0.332. The second kappa shape index (κ2) is 6.20. The van der Waals surface area contributed by atoms with E-state index in [1.165, 1.54) is 0 Å². The van der Waals surface area contributed by atoms with Crippen molar-refractivity contribution in [1.29, 1.82) is 0 Å². The van der Waals surface area contributed by atoms with Gasteiger partial charge in [0.15, 0.2) is 0 Å². The zero-order valence-corrected chi connectivity index (χ0v) is 13.1. The lowest BCUT2D eigenvalue weighted by Crippen LogP contribution is -2.17. The highest BCUT2D eigenvalue weighted by atomic mass is 16.9. The topological polar surface area (TPSA) is 35.3 Å². The van der Waals surface area contributed by atoms with Crippen molar-refractivity contribution in [3.8, 4) is 0 Å². The molecule has 3 aromatic rings. The number of hydrogen-bond acceptors (Lipinski definition) is 2. The minimum atomic E-state index is -0.332. The molecule has 1 aliphatic heterocycles. The fourth-order valence-corrected chi connectivity index (χ4v) is 3.26. The fraction of sp³-hybridized carbons (Fsp3) is 0.0952. The van der Waals surface area contributed by atoms with Crippen LogP contribution in [0.5, 0.6) is 0 Å². The van der Waals surface area contributed by atoms with Crippen molar-refractivity contribution in [3.63, 3.8) is 0 Å². The number of nitrogens with zero attached hydrogens (tertiary/aromatic N) is 1. The molecule has 0 radical (unpaired) electrons. The Labute approximate surface area is 141 Å². The van der Waals surface area contributed by atoms with Crippen LogP contribution in [-0.4, -0.2) is 10.6 Å². The molecule has 3 heteroatoms. The Hall–Kier alpha value is -3.07. The van der Waals surface area contributed by atoms with E-state index in [9.17, 15) is 5.21 Å². The first-order chi connectivity index (χ1) is 11.8. The largest absolute Gasteiger partial charge is 0.394 e. The van der Waals surface area contributed by atoms with Crippen LogP contribution in [0.3, 0.4) is 0 Å². The van der Waals surface area contributed by atoms with Crippen molar-refractivity contribution in [2.45, 2.75) is 12.0 Å². The summed E-state index contributed by atoms with van der Waals surface area (Å²) in [4.78, 5) is 6.41. The summed E-state index contributed by atoms with van der Waals surface area (Å²) in [7, 11) is 0. The maximum Gasteiger partial charge on any atom is 0.261 e. The van der Waals surface area contributed by atoms with E-state index < -0.39 is 0 Å². The molecule has 1 heterocycles. The molecule has 0 N–H and O–H groups in total. The van der Waals surface area contributed by atoms with Gasteiger partial charge in [-0.3, -0.25) is 5.21 Å². The predicted octanol–water partition coefficient (Wildman–Crippen LogP) is 4.46. The highest BCUT2D eigenvalue weighted by molar-refractivity contribution is 6.02. The average Bonchev–Trinajstić information content (AvgIpc) is 3.01. The maximum absolute atomic E-state index is 12.6. The first kappa shape index (κ1) is 14.5. The number of hydrogen-bond donors (Lipinski definition) is 0. The molecule has 0 saturated heterocycles. The molecule has 3 nitrogen and oxygen atoms in total. The van der Waals surface area contributed by atoms with Gasteiger partial charge in [0.25, 0.3) is 5.71 Å². The van der Waals surface area contributed by atoms with E-state index in [-0.39, 0.29) is 12.0 Å². The van der Waals surface area contributed by atoms with E-state index in [0.29, 0.717) is 10.6 Å². The van der Waals surface area contributed by atoms with Crippen molar-refractivity contribution in [3.05, 3.63) is 113 Å². The molecular formula is C21H17NO2. The van der Waals surface area contributed by atoms with Crippen LogP contribution in [0.1, 0.15) is 28.7 Å². The summed E-state index contributed by atoms with van der Waals surface area (Å²) in [5, 5.41) is 12.6. The van der Waals surface area contributed by atoms with E-state index >= 15 is 0 Å². The minimum absolute atomic E-state index is 0.145. The third kappa shape index (κ3) is 2.54. The van der Waals surface area contributed by atoms with Crippen LogP contribution in [-0.2, 0) is 4.84 Å². The Morgan fingerprint density at radius 1 is 0.667 bits per heavy atom. The van der Waals surface area contributed by atoms with E-state index in [2.05, 4.69) is 0 Å². The first-order valence-electron chi connectivity index (χ1n) is 8.01. The molecule has 1 aliphatic rings. The van der Waals surface area contributed by atoms with E-state index in [1.54, 1.807) is 0 Å². The summed E-state index contributed by atoms with van der Waals surface area (Å²) in [6.45, 7) is 0. The smallest absolute Gasteiger partial charge is 0.261 e. The zero-order chi connectivity index (χ0) is 16.4. The quantitative estimate of drug-likeness (QED) is 0.669. The molecule has 0 aliphatic carbocycles. The molecule has 0 saturated carbocycles. The number of rotatable bonds is 3.